The highest BCUT2D eigenvalue weighted by atomic mass is 32.1. The van der Waals surface area contributed by atoms with Crippen molar-refractivity contribution in [2.75, 3.05) is 14.2 Å². The molecule has 7 heteroatoms. The Balaban J connectivity index is 2.31. The SMILES string of the molecule is COc1ccc(OC)c(-c2nc3sccn3c2C(N)=O)c1. The van der Waals surface area contributed by atoms with Gasteiger partial charge < -0.3 is 15.2 Å². The van der Waals surface area contributed by atoms with Gasteiger partial charge in [-0.2, -0.15) is 0 Å². The fraction of sp³-hybridized carbons (Fsp3) is 0.143. The highest BCUT2D eigenvalue weighted by Crippen LogP contribution is 2.35. The highest BCUT2D eigenvalue weighted by Gasteiger charge is 2.22. The second kappa shape index (κ2) is 5.10. The second-order valence-electron chi connectivity index (χ2n) is 4.30. The molecule has 2 aromatic heterocycles. The van der Waals surface area contributed by atoms with Crippen LogP contribution in [0.15, 0.2) is 29.8 Å². The van der Waals surface area contributed by atoms with Crippen LogP contribution in [0.5, 0.6) is 11.5 Å². The van der Waals surface area contributed by atoms with Crippen LogP contribution < -0.4 is 15.2 Å². The first-order valence-electron chi connectivity index (χ1n) is 6.13. The number of imidazole rings is 1. The van der Waals surface area contributed by atoms with Gasteiger partial charge in [-0.05, 0) is 18.2 Å². The number of fused-ring (bicyclic) bond motifs is 1. The third-order valence-electron chi connectivity index (χ3n) is 3.16. The van der Waals surface area contributed by atoms with Crippen LogP contribution in [0.4, 0.5) is 0 Å². The molecule has 0 saturated heterocycles. The molecule has 2 heterocycles. The Labute approximate surface area is 124 Å². The molecule has 1 aromatic carbocycles. The van der Waals surface area contributed by atoms with E-state index in [1.54, 1.807) is 43.0 Å². The summed E-state index contributed by atoms with van der Waals surface area (Å²) >= 11 is 1.43. The molecule has 21 heavy (non-hydrogen) atoms. The molecule has 0 aliphatic heterocycles. The Kier molecular flexibility index (Phi) is 3.26. The summed E-state index contributed by atoms with van der Waals surface area (Å²) in [7, 11) is 3.14. The second-order valence-corrected chi connectivity index (χ2v) is 5.17. The average molecular weight is 303 g/mol. The third kappa shape index (κ3) is 2.11. The number of amides is 1. The number of primary amides is 1. The number of ether oxygens (including phenoxy) is 2. The normalized spacial score (nSPS) is 10.8. The van der Waals surface area contributed by atoms with Crippen molar-refractivity contribution in [3.05, 3.63) is 35.5 Å². The lowest BCUT2D eigenvalue weighted by atomic mass is 10.1. The summed E-state index contributed by atoms with van der Waals surface area (Å²) in [6.45, 7) is 0. The van der Waals surface area contributed by atoms with E-state index in [2.05, 4.69) is 4.98 Å². The Morgan fingerprint density at radius 2 is 2.14 bits per heavy atom. The Hall–Kier alpha value is -2.54. The molecular weight excluding hydrogens is 290 g/mol. The van der Waals surface area contributed by atoms with E-state index in [0.717, 1.165) is 0 Å². The van der Waals surface area contributed by atoms with Gasteiger partial charge >= 0.3 is 0 Å². The van der Waals surface area contributed by atoms with Gasteiger partial charge in [0.25, 0.3) is 5.91 Å². The summed E-state index contributed by atoms with van der Waals surface area (Å²) < 4.78 is 12.3. The molecular formula is C14H13N3O3S. The van der Waals surface area contributed by atoms with E-state index in [9.17, 15) is 4.79 Å². The van der Waals surface area contributed by atoms with Crippen LogP contribution in [0.2, 0.25) is 0 Å². The molecule has 3 rings (SSSR count). The van der Waals surface area contributed by atoms with Gasteiger partial charge in [-0.25, -0.2) is 4.98 Å². The van der Waals surface area contributed by atoms with Crippen molar-refractivity contribution in [1.82, 2.24) is 9.38 Å². The van der Waals surface area contributed by atoms with Crippen molar-refractivity contribution in [1.29, 1.82) is 0 Å². The van der Waals surface area contributed by atoms with Gasteiger partial charge in [-0.15, -0.1) is 11.3 Å². The number of thiazole rings is 1. The lowest BCUT2D eigenvalue weighted by Crippen LogP contribution is -2.14. The first-order chi connectivity index (χ1) is 10.2. The number of carbonyl (C=O) groups excluding carboxylic acids is 1. The van der Waals surface area contributed by atoms with Gasteiger partial charge in [0.05, 0.1) is 14.2 Å². The number of rotatable bonds is 4. The van der Waals surface area contributed by atoms with Gasteiger partial charge in [0.15, 0.2) is 4.96 Å². The maximum atomic E-state index is 11.8. The lowest BCUT2D eigenvalue weighted by molar-refractivity contribution is 0.0995. The molecule has 1 amide bonds. The number of carbonyl (C=O) groups is 1. The molecule has 2 N–H and O–H groups in total. The maximum Gasteiger partial charge on any atom is 0.268 e. The molecule has 3 aromatic rings. The predicted octanol–water partition coefficient (Wildman–Crippen LogP) is 2.18. The maximum absolute atomic E-state index is 11.8. The smallest absolute Gasteiger partial charge is 0.268 e. The summed E-state index contributed by atoms with van der Waals surface area (Å²) in [5, 5.41) is 1.85. The monoisotopic (exact) mass is 303 g/mol. The summed E-state index contributed by atoms with van der Waals surface area (Å²) in [6, 6.07) is 5.33. The summed E-state index contributed by atoms with van der Waals surface area (Å²) in [6.07, 6.45) is 1.77. The van der Waals surface area contributed by atoms with E-state index in [-0.39, 0.29) is 0 Å². The minimum absolute atomic E-state index is 0.331. The number of nitrogens with two attached hydrogens (primary N) is 1. The zero-order chi connectivity index (χ0) is 15.0. The number of aromatic nitrogens is 2. The Morgan fingerprint density at radius 1 is 1.33 bits per heavy atom. The van der Waals surface area contributed by atoms with Crippen LogP contribution in [-0.4, -0.2) is 29.5 Å². The minimum atomic E-state index is -0.541. The number of methoxy groups -OCH3 is 2. The van der Waals surface area contributed by atoms with Crippen LogP contribution in [0, 0.1) is 0 Å². The third-order valence-corrected chi connectivity index (χ3v) is 3.91. The van der Waals surface area contributed by atoms with Crippen molar-refractivity contribution in [3.8, 4) is 22.8 Å². The lowest BCUT2D eigenvalue weighted by Gasteiger charge is -2.09. The number of hydrogen-bond acceptors (Lipinski definition) is 5. The molecule has 0 unspecified atom stereocenters. The van der Waals surface area contributed by atoms with Crippen molar-refractivity contribution in [2.24, 2.45) is 5.73 Å². The molecule has 0 aliphatic carbocycles. The van der Waals surface area contributed by atoms with E-state index in [0.29, 0.717) is 33.4 Å². The predicted molar refractivity (Wildman–Crippen MR) is 80.1 cm³/mol. The largest absolute Gasteiger partial charge is 0.497 e. The Morgan fingerprint density at radius 3 is 2.81 bits per heavy atom. The number of nitrogens with zero attached hydrogens (tertiary/aromatic N) is 2. The molecule has 0 saturated carbocycles. The van der Waals surface area contributed by atoms with E-state index >= 15 is 0 Å². The van der Waals surface area contributed by atoms with Crippen LogP contribution in [0.3, 0.4) is 0 Å². The van der Waals surface area contributed by atoms with E-state index in [4.69, 9.17) is 15.2 Å². The van der Waals surface area contributed by atoms with Crippen LogP contribution in [0.25, 0.3) is 16.2 Å². The first-order valence-corrected chi connectivity index (χ1v) is 7.01. The van der Waals surface area contributed by atoms with Crippen LogP contribution in [-0.2, 0) is 0 Å². The highest BCUT2D eigenvalue weighted by molar-refractivity contribution is 7.15. The zero-order valence-corrected chi connectivity index (χ0v) is 12.3. The van der Waals surface area contributed by atoms with Crippen molar-refractivity contribution >= 4 is 22.2 Å². The average Bonchev–Trinajstić information content (AvgIpc) is 3.06. The minimum Gasteiger partial charge on any atom is -0.497 e. The van der Waals surface area contributed by atoms with Gasteiger partial charge in [-0.3, -0.25) is 9.20 Å². The standard InChI is InChI=1S/C14H13N3O3S/c1-19-8-3-4-10(20-2)9(7-8)11-12(13(15)18)17-5-6-21-14(17)16-11/h3-7H,1-2H3,(H2,15,18). The summed E-state index contributed by atoms with van der Waals surface area (Å²) in [5.41, 5.74) is 7.01. The molecule has 0 spiro atoms. The summed E-state index contributed by atoms with van der Waals surface area (Å²) in [5.74, 6) is 0.711. The fourth-order valence-corrected chi connectivity index (χ4v) is 2.92. The van der Waals surface area contributed by atoms with Crippen molar-refractivity contribution in [3.63, 3.8) is 0 Å². The van der Waals surface area contributed by atoms with Crippen molar-refractivity contribution in [2.45, 2.75) is 0 Å². The van der Waals surface area contributed by atoms with Crippen molar-refractivity contribution < 1.29 is 14.3 Å². The molecule has 0 bridgehead atoms. The molecule has 0 radical (unpaired) electrons. The molecule has 0 fully saturated rings. The molecule has 0 atom stereocenters. The van der Waals surface area contributed by atoms with E-state index < -0.39 is 5.91 Å². The van der Waals surface area contributed by atoms with Gasteiger partial charge in [0.1, 0.15) is 22.9 Å². The quantitative estimate of drug-likeness (QED) is 0.801. The van der Waals surface area contributed by atoms with Crippen LogP contribution >= 0.6 is 11.3 Å². The Bertz CT molecular complexity index is 822. The zero-order valence-electron chi connectivity index (χ0n) is 11.5. The number of benzene rings is 1. The van der Waals surface area contributed by atoms with Gasteiger partial charge in [0, 0.05) is 17.1 Å². The topological polar surface area (TPSA) is 78.8 Å². The summed E-state index contributed by atoms with van der Waals surface area (Å²) in [4.78, 5) is 17.0. The van der Waals surface area contributed by atoms with Gasteiger partial charge in [-0.1, -0.05) is 0 Å². The van der Waals surface area contributed by atoms with E-state index in [1.807, 2.05) is 5.38 Å². The van der Waals surface area contributed by atoms with E-state index in [1.165, 1.54) is 11.3 Å². The fourth-order valence-electron chi connectivity index (χ4n) is 2.21. The molecule has 6 nitrogen and oxygen atoms in total. The number of hydrogen-bond donors (Lipinski definition) is 1. The molecule has 0 aliphatic rings. The van der Waals surface area contributed by atoms with Crippen LogP contribution in [0.1, 0.15) is 10.5 Å². The first kappa shape index (κ1) is 13.4. The molecule has 108 valence electrons. The van der Waals surface area contributed by atoms with Gasteiger partial charge in [0.2, 0.25) is 0 Å².